The van der Waals surface area contributed by atoms with Gasteiger partial charge in [0.25, 0.3) is 0 Å². The predicted octanol–water partition coefficient (Wildman–Crippen LogP) is 3.10. The van der Waals surface area contributed by atoms with Crippen LogP contribution in [-0.4, -0.2) is 32.1 Å². The predicted molar refractivity (Wildman–Crippen MR) is 85.7 cm³/mol. The smallest absolute Gasteiger partial charge is 0.147 e. The minimum absolute atomic E-state index is 0.186. The van der Waals surface area contributed by atoms with Gasteiger partial charge in [-0.2, -0.15) is 0 Å². The maximum absolute atomic E-state index is 11.0. The second-order valence-corrected chi connectivity index (χ2v) is 7.44. The molecular formula is C16H24O4S. The Balaban J connectivity index is 2.29. The van der Waals surface area contributed by atoms with Crippen LogP contribution in [0.15, 0.2) is 30.9 Å². The van der Waals surface area contributed by atoms with Crippen molar-refractivity contribution in [1.82, 2.24) is 0 Å². The number of rotatable bonds is 10. The normalized spacial score (nSPS) is 11.3. The van der Waals surface area contributed by atoms with Crippen LogP contribution in [0.2, 0.25) is 0 Å². The molecule has 1 rings (SSSR count). The zero-order valence-electron chi connectivity index (χ0n) is 12.5. The van der Waals surface area contributed by atoms with Gasteiger partial charge >= 0.3 is 0 Å². The summed E-state index contributed by atoms with van der Waals surface area (Å²) in [5.74, 6) is 1.13. The minimum atomic E-state index is -2.84. The lowest BCUT2D eigenvalue weighted by molar-refractivity contribution is 0.301. The molecule has 0 aliphatic heterocycles. The van der Waals surface area contributed by atoms with Crippen LogP contribution in [0.3, 0.4) is 0 Å². The SMILES string of the molecule is C=CCc1ccc(O)cc1OCCCCCCS(C)(=O)=O. The molecule has 0 saturated carbocycles. The average molecular weight is 312 g/mol. The van der Waals surface area contributed by atoms with Gasteiger partial charge in [0.05, 0.1) is 6.61 Å². The lowest BCUT2D eigenvalue weighted by Gasteiger charge is -2.11. The maximum atomic E-state index is 11.0. The molecule has 0 spiro atoms. The van der Waals surface area contributed by atoms with Crippen LogP contribution >= 0.6 is 0 Å². The minimum Gasteiger partial charge on any atom is -0.508 e. The summed E-state index contributed by atoms with van der Waals surface area (Å²) in [6.07, 6.45) is 7.15. The lowest BCUT2D eigenvalue weighted by Crippen LogP contribution is -2.03. The number of phenolic OH excluding ortho intramolecular Hbond substituents is 1. The molecule has 5 heteroatoms. The van der Waals surface area contributed by atoms with Crippen LogP contribution in [0.1, 0.15) is 31.2 Å². The summed E-state index contributed by atoms with van der Waals surface area (Å²) in [5, 5.41) is 9.49. The van der Waals surface area contributed by atoms with Crippen LogP contribution in [0.25, 0.3) is 0 Å². The molecule has 0 aromatic heterocycles. The molecule has 4 nitrogen and oxygen atoms in total. The van der Waals surface area contributed by atoms with Crippen molar-refractivity contribution < 1.29 is 18.3 Å². The van der Waals surface area contributed by atoms with Crippen molar-refractivity contribution in [2.45, 2.75) is 32.1 Å². The summed E-state index contributed by atoms with van der Waals surface area (Å²) in [6, 6.07) is 5.08. The highest BCUT2D eigenvalue weighted by atomic mass is 32.2. The standard InChI is InChI=1S/C16H24O4S/c1-3-8-14-9-10-15(17)13-16(14)20-11-6-4-5-7-12-21(2,18)19/h3,9-10,13,17H,1,4-8,11-12H2,2H3. The fourth-order valence-electron chi connectivity index (χ4n) is 2.00. The van der Waals surface area contributed by atoms with Gasteiger partial charge in [-0.15, -0.1) is 6.58 Å². The van der Waals surface area contributed by atoms with E-state index in [1.807, 2.05) is 6.07 Å². The fraction of sp³-hybridized carbons (Fsp3) is 0.500. The van der Waals surface area contributed by atoms with E-state index in [0.717, 1.165) is 24.8 Å². The van der Waals surface area contributed by atoms with Crippen molar-refractivity contribution in [2.24, 2.45) is 0 Å². The molecule has 1 aromatic carbocycles. The Morgan fingerprint density at radius 1 is 1.24 bits per heavy atom. The van der Waals surface area contributed by atoms with Gasteiger partial charge in [-0.3, -0.25) is 0 Å². The molecule has 0 radical (unpaired) electrons. The Bertz CT molecular complexity index is 549. The Labute approximate surface area is 127 Å². The van der Waals surface area contributed by atoms with Crippen LogP contribution in [-0.2, 0) is 16.3 Å². The third-order valence-corrected chi connectivity index (χ3v) is 4.11. The van der Waals surface area contributed by atoms with Crippen LogP contribution < -0.4 is 4.74 Å². The van der Waals surface area contributed by atoms with Gasteiger partial charge in [0.1, 0.15) is 21.3 Å². The second kappa shape index (κ2) is 8.72. The van der Waals surface area contributed by atoms with Gasteiger partial charge in [-0.05, 0) is 30.9 Å². The molecule has 0 heterocycles. The molecule has 0 bridgehead atoms. The van der Waals surface area contributed by atoms with Gasteiger partial charge in [-0.25, -0.2) is 8.42 Å². The van der Waals surface area contributed by atoms with E-state index in [1.54, 1.807) is 18.2 Å². The fourth-order valence-corrected chi connectivity index (χ4v) is 2.73. The Morgan fingerprint density at radius 3 is 2.62 bits per heavy atom. The van der Waals surface area contributed by atoms with E-state index < -0.39 is 9.84 Å². The number of aromatic hydroxyl groups is 1. The number of ether oxygens (including phenoxy) is 1. The Hall–Kier alpha value is -1.49. The topological polar surface area (TPSA) is 63.6 Å². The summed E-state index contributed by atoms with van der Waals surface area (Å²) in [6.45, 7) is 4.26. The summed E-state index contributed by atoms with van der Waals surface area (Å²) in [4.78, 5) is 0. The molecule has 21 heavy (non-hydrogen) atoms. The van der Waals surface area contributed by atoms with E-state index in [2.05, 4.69) is 6.58 Å². The number of sulfone groups is 1. The van der Waals surface area contributed by atoms with Crippen molar-refractivity contribution in [1.29, 1.82) is 0 Å². The van der Waals surface area contributed by atoms with Crippen molar-refractivity contribution in [3.05, 3.63) is 36.4 Å². The van der Waals surface area contributed by atoms with Crippen molar-refractivity contribution in [3.63, 3.8) is 0 Å². The zero-order chi connectivity index (χ0) is 15.7. The van der Waals surface area contributed by atoms with Crippen molar-refractivity contribution in [3.8, 4) is 11.5 Å². The molecule has 0 saturated heterocycles. The number of hydrogen-bond donors (Lipinski definition) is 1. The first-order valence-electron chi connectivity index (χ1n) is 7.15. The van der Waals surface area contributed by atoms with Crippen molar-refractivity contribution >= 4 is 9.84 Å². The number of phenols is 1. The van der Waals surface area contributed by atoms with Gasteiger partial charge in [0, 0.05) is 18.1 Å². The van der Waals surface area contributed by atoms with Crippen LogP contribution in [0.5, 0.6) is 11.5 Å². The van der Waals surface area contributed by atoms with Gasteiger partial charge in [0.15, 0.2) is 0 Å². The largest absolute Gasteiger partial charge is 0.508 e. The molecule has 0 fully saturated rings. The Morgan fingerprint density at radius 2 is 1.95 bits per heavy atom. The van der Waals surface area contributed by atoms with E-state index in [4.69, 9.17) is 4.74 Å². The average Bonchev–Trinajstić information content (AvgIpc) is 2.39. The van der Waals surface area contributed by atoms with Gasteiger partial charge in [-0.1, -0.05) is 25.0 Å². The third kappa shape index (κ3) is 7.75. The molecule has 0 aliphatic rings. The van der Waals surface area contributed by atoms with Gasteiger partial charge < -0.3 is 9.84 Å². The highest BCUT2D eigenvalue weighted by Crippen LogP contribution is 2.25. The molecular weight excluding hydrogens is 288 g/mol. The lowest BCUT2D eigenvalue weighted by atomic mass is 10.1. The summed E-state index contributed by atoms with van der Waals surface area (Å²) in [5.41, 5.74) is 1.000. The monoisotopic (exact) mass is 312 g/mol. The number of benzene rings is 1. The van der Waals surface area contributed by atoms with E-state index in [0.29, 0.717) is 25.2 Å². The quantitative estimate of drug-likeness (QED) is 0.532. The maximum Gasteiger partial charge on any atom is 0.147 e. The number of allylic oxidation sites excluding steroid dienone is 1. The first kappa shape index (κ1) is 17.6. The second-order valence-electron chi connectivity index (χ2n) is 5.18. The number of unbranched alkanes of at least 4 members (excludes halogenated alkanes) is 3. The molecule has 0 aliphatic carbocycles. The zero-order valence-corrected chi connectivity index (χ0v) is 13.4. The van der Waals surface area contributed by atoms with Crippen LogP contribution in [0.4, 0.5) is 0 Å². The first-order valence-corrected chi connectivity index (χ1v) is 9.22. The molecule has 118 valence electrons. The molecule has 0 amide bonds. The third-order valence-electron chi connectivity index (χ3n) is 3.08. The number of hydrogen-bond acceptors (Lipinski definition) is 4. The summed E-state index contributed by atoms with van der Waals surface area (Å²) in [7, 11) is -2.84. The summed E-state index contributed by atoms with van der Waals surface area (Å²) >= 11 is 0. The van der Waals surface area contributed by atoms with Gasteiger partial charge in [0.2, 0.25) is 0 Å². The van der Waals surface area contributed by atoms with E-state index in [-0.39, 0.29) is 11.5 Å². The van der Waals surface area contributed by atoms with E-state index in [9.17, 15) is 13.5 Å². The molecule has 1 aromatic rings. The van der Waals surface area contributed by atoms with Crippen molar-refractivity contribution in [2.75, 3.05) is 18.6 Å². The first-order chi connectivity index (χ1) is 9.92. The molecule has 0 unspecified atom stereocenters. The molecule has 1 N–H and O–H groups in total. The molecule has 0 atom stereocenters. The summed E-state index contributed by atoms with van der Waals surface area (Å²) < 4.78 is 27.7. The Kier molecular flexibility index (Phi) is 7.29. The van der Waals surface area contributed by atoms with E-state index >= 15 is 0 Å². The highest BCUT2D eigenvalue weighted by molar-refractivity contribution is 7.90. The van der Waals surface area contributed by atoms with E-state index in [1.165, 1.54) is 6.26 Å². The highest BCUT2D eigenvalue weighted by Gasteiger charge is 2.04. The van der Waals surface area contributed by atoms with Crippen LogP contribution in [0, 0.1) is 0 Å².